The van der Waals surface area contributed by atoms with Crippen LogP contribution in [0.3, 0.4) is 0 Å². The van der Waals surface area contributed by atoms with Crippen LogP contribution >= 0.6 is 11.6 Å². The predicted octanol–water partition coefficient (Wildman–Crippen LogP) is 4.06. The average molecular weight is 460 g/mol. The first kappa shape index (κ1) is 22.5. The molecule has 2 N–H and O–H groups in total. The molecule has 0 saturated heterocycles. The highest BCUT2D eigenvalue weighted by atomic mass is 35.5. The van der Waals surface area contributed by atoms with Gasteiger partial charge >= 0.3 is 0 Å². The van der Waals surface area contributed by atoms with Gasteiger partial charge in [-0.25, -0.2) is 4.39 Å². The van der Waals surface area contributed by atoms with E-state index in [0.717, 1.165) is 43.7 Å². The molecule has 1 unspecified atom stereocenters. The zero-order valence-electron chi connectivity index (χ0n) is 18.0. The number of aromatic nitrogens is 1. The molecule has 1 aromatic carbocycles. The standard InChI is InChI=1S/C24H27ClFN3O3/c1-2-3-4-15-5-8-20(27-13-15)23(31)29-24-10-16(11-24)21(12-24)28-22(30)14-32-17-6-7-18(25)19(26)9-17/h5-9,13,16,21H,2-4,10-12,14H2,1H3,(H,28,30)(H,29,31). The van der Waals surface area contributed by atoms with E-state index in [1.54, 1.807) is 12.3 Å². The number of carbonyl (C=O) groups excluding carboxylic acids is 2. The lowest BCUT2D eigenvalue weighted by atomic mass is 9.76. The first-order valence-electron chi connectivity index (χ1n) is 11.0. The van der Waals surface area contributed by atoms with E-state index in [1.807, 2.05) is 6.07 Å². The summed E-state index contributed by atoms with van der Waals surface area (Å²) in [6, 6.07) is 7.77. The molecule has 2 bridgehead atoms. The molecule has 0 spiro atoms. The van der Waals surface area contributed by atoms with Gasteiger partial charge in [0.05, 0.1) is 5.02 Å². The van der Waals surface area contributed by atoms with Crippen molar-refractivity contribution in [2.75, 3.05) is 6.61 Å². The third kappa shape index (κ3) is 5.04. The highest BCUT2D eigenvalue weighted by Gasteiger charge is 2.57. The Morgan fingerprint density at radius 3 is 2.75 bits per heavy atom. The van der Waals surface area contributed by atoms with Gasteiger partial charge < -0.3 is 15.4 Å². The van der Waals surface area contributed by atoms with E-state index in [0.29, 0.717) is 18.0 Å². The van der Waals surface area contributed by atoms with Crippen LogP contribution in [0, 0.1) is 11.7 Å². The molecule has 2 amide bonds. The first-order chi connectivity index (χ1) is 15.4. The second kappa shape index (κ2) is 9.45. The van der Waals surface area contributed by atoms with E-state index in [4.69, 9.17) is 16.3 Å². The van der Waals surface area contributed by atoms with Crippen molar-refractivity contribution in [3.63, 3.8) is 0 Å². The van der Waals surface area contributed by atoms with Gasteiger partial charge in [-0.15, -0.1) is 0 Å². The van der Waals surface area contributed by atoms with E-state index in [1.165, 1.54) is 12.1 Å². The fourth-order valence-corrected chi connectivity index (χ4v) is 4.78. The summed E-state index contributed by atoms with van der Waals surface area (Å²) in [4.78, 5) is 29.3. The molecule has 3 aliphatic rings. The van der Waals surface area contributed by atoms with Gasteiger partial charge in [0.1, 0.15) is 17.3 Å². The fourth-order valence-electron chi connectivity index (χ4n) is 4.66. The minimum absolute atomic E-state index is 0.00233. The number of rotatable bonds is 9. The molecule has 32 heavy (non-hydrogen) atoms. The molecule has 2 aromatic rings. The summed E-state index contributed by atoms with van der Waals surface area (Å²) >= 11 is 5.65. The predicted molar refractivity (Wildman–Crippen MR) is 119 cm³/mol. The maximum atomic E-state index is 13.5. The van der Waals surface area contributed by atoms with Gasteiger partial charge in [-0.2, -0.15) is 0 Å². The lowest BCUT2D eigenvalue weighted by Crippen LogP contribution is -2.52. The number of halogens is 2. The quantitative estimate of drug-likeness (QED) is 0.592. The number of fused-ring (bicyclic) bond motifs is 1. The number of hydrogen-bond donors (Lipinski definition) is 2. The molecule has 1 aromatic heterocycles. The molecular weight excluding hydrogens is 433 g/mol. The Labute approximate surface area is 191 Å². The minimum Gasteiger partial charge on any atom is -0.484 e. The van der Waals surface area contributed by atoms with Gasteiger partial charge in [0, 0.05) is 23.8 Å². The van der Waals surface area contributed by atoms with Crippen LogP contribution in [-0.4, -0.2) is 35.0 Å². The Morgan fingerprint density at radius 2 is 2.06 bits per heavy atom. The molecular formula is C24H27ClFN3O3. The average Bonchev–Trinajstić information content (AvgIpc) is 3.26. The molecule has 1 atom stereocenters. The molecule has 170 valence electrons. The molecule has 0 aliphatic heterocycles. The van der Waals surface area contributed by atoms with Crippen LogP contribution in [0.2, 0.25) is 5.02 Å². The van der Waals surface area contributed by atoms with Gasteiger partial charge in [0.15, 0.2) is 6.61 Å². The van der Waals surface area contributed by atoms with Crippen molar-refractivity contribution in [2.24, 2.45) is 5.92 Å². The lowest BCUT2D eigenvalue weighted by molar-refractivity contribution is -0.124. The van der Waals surface area contributed by atoms with Crippen molar-refractivity contribution in [3.05, 3.63) is 58.6 Å². The summed E-state index contributed by atoms with van der Waals surface area (Å²) in [5.74, 6) is -0.468. The second-order valence-corrected chi connectivity index (χ2v) is 9.21. The minimum atomic E-state index is -0.594. The molecule has 0 radical (unpaired) electrons. The second-order valence-electron chi connectivity index (χ2n) is 8.80. The van der Waals surface area contributed by atoms with Crippen LogP contribution in [0.1, 0.15) is 55.1 Å². The lowest BCUT2D eigenvalue weighted by Gasteiger charge is -2.39. The number of aryl methyl sites for hydroxylation is 1. The number of unbranched alkanes of at least 4 members (excludes halogenated alkanes) is 1. The van der Waals surface area contributed by atoms with Crippen molar-refractivity contribution >= 4 is 23.4 Å². The van der Waals surface area contributed by atoms with Crippen molar-refractivity contribution in [3.8, 4) is 5.75 Å². The highest BCUT2D eigenvalue weighted by molar-refractivity contribution is 6.30. The molecule has 5 rings (SSSR count). The topological polar surface area (TPSA) is 80.3 Å². The molecule has 3 aliphatic carbocycles. The number of amides is 2. The summed E-state index contributed by atoms with van der Waals surface area (Å²) in [7, 11) is 0. The SMILES string of the molecule is CCCCc1ccc(C(=O)NC23CC(C2)C(NC(=O)COc2ccc(Cl)c(F)c2)C3)nc1. The Bertz CT molecular complexity index is 992. The van der Waals surface area contributed by atoms with Crippen LogP contribution in [0.5, 0.6) is 5.75 Å². The number of ether oxygens (including phenoxy) is 1. The summed E-state index contributed by atoms with van der Waals surface area (Å²) in [6.45, 7) is 1.93. The zero-order valence-corrected chi connectivity index (χ0v) is 18.8. The smallest absolute Gasteiger partial charge is 0.270 e. The summed E-state index contributed by atoms with van der Waals surface area (Å²) < 4.78 is 18.8. The van der Waals surface area contributed by atoms with Crippen LogP contribution in [0.25, 0.3) is 0 Å². The van der Waals surface area contributed by atoms with Gasteiger partial charge in [-0.05, 0) is 61.8 Å². The third-order valence-electron chi connectivity index (χ3n) is 6.35. The molecule has 3 saturated carbocycles. The van der Waals surface area contributed by atoms with Gasteiger partial charge in [0.25, 0.3) is 11.8 Å². The van der Waals surface area contributed by atoms with Crippen molar-refractivity contribution in [1.82, 2.24) is 15.6 Å². The number of pyridine rings is 1. The Kier molecular flexibility index (Phi) is 6.65. The highest BCUT2D eigenvalue weighted by Crippen LogP contribution is 2.52. The number of nitrogens with zero attached hydrogens (tertiary/aromatic N) is 1. The van der Waals surface area contributed by atoms with Crippen LogP contribution < -0.4 is 15.4 Å². The van der Waals surface area contributed by atoms with E-state index in [9.17, 15) is 14.0 Å². The van der Waals surface area contributed by atoms with E-state index in [2.05, 4.69) is 22.5 Å². The number of carbonyl (C=O) groups is 2. The number of benzene rings is 1. The Hall–Kier alpha value is -2.67. The fraction of sp³-hybridized carbons (Fsp3) is 0.458. The van der Waals surface area contributed by atoms with E-state index in [-0.39, 0.29) is 40.8 Å². The maximum absolute atomic E-state index is 13.5. The van der Waals surface area contributed by atoms with Gasteiger partial charge in [-0.1, -0.05) is 31.0 Å². The Morgan fingerprint density at radius 1 is 1.25 bits per heavy atom. The Balaban J connectivity index is 1.25. The van der Waals surface area contributed by atoms with E-state index >= 15 is 0 Å². The molecule has 1 heterocycles. The molecule has 3 fully saturated rings. The van der Waals surface area contributed by atoms with Crippen molar-refractivity contribution < 1.29 is 18.7 Å². The molecule has 8 heteroatoms. The van der Waals surface area contributed by atoms with E-state index < -0.39 is 5.82 Å². The van der Waals surface area contributed by atoms with Crippen molar-refractivity contribution in [2.45, 2.75) is 57.0 Å². The van der Waals surface area contributed by atoms with Crippen LogP contribution in [0.15, 0.2) is 36.5 Å². The van der Waals surface area contributed by atoms with Crippen molar-refractivity contribution in [1.29, 1.82) is 0 Å². The van der Waals surface area contributed by atoms with Gasteiger partial charge in [-0.3, -0.25) is 14.6 Å². The summed E-state index contributed by atoms with van der Waals surface area (Å²) in [5.41, 5.74) is 1.26. The zero-order chi connectivity index (χ0) is 22.7. The number of hydrogen-bond acceptors (Lipinski definition) is 4. The summed E-state index contributed by atoms with van der Waals surface area (Å²) in [5, 5.41) is 6.12. The summed E-state index contributed by atoms with van der Waals surface area (Å²) in [6.07, 6.45) is 7.31. The normalized spacial score (nSPS) is 23.3. The maximum Gasteiger partial charge on any atom is 0.270 e. The largest absolute Gasteiger partial charge is 0.484 e. The monoisotopic (exact) mass is 459 g/mol. The van der Waals surface area contributed by atoms with Crippen LogP contribution in [0.4, 0.5) is 4.39 Å². The third-order valence-corrected chi connectivity index (χ3v) is 6.65. The first-order valence-corrected chi connectivity index (χ1v) is 11.4. The molecule has 6 nitrogen and oxygen atoms in total. The van der Waals surface area contributed by atoms with Gasteiger partial charge in [0.2, 0.25) is 0 Å². The number of nitrogens with one attached hydrogen (secondary N) is 2. The van der Waals surface area contributed by atoms with Crippen LogP contribution in [-0.2, 0) is 11.2 Å².